The first-order chi connectivity index (χ1) is 17.2. The van der Waals surface area contributed by atoms with E-state index in [1.165, 1.54) is 58.9 Å². The van der Waals surface area contributed by atoms with Crippen LogP contribution in [0.1, 0.15) is 36.0 Å². The van der Waals surface area contributed by atoms with Crippen LogP contribution in [0.15, 0.2) is 82.6 Å². The highest BCUT2D eigenvalue weighted by molar-refractivity contribution is 7.92. The van der Waals surface area contributed by atoms with Crippen molar-refractivity contribution in [2.45, 2.75) is 35.5 Å². The van der Waals surface area contributed by atoms with Gasteiger partial charge in [0, 0.05) is 24.5 Å². The van der Waals surface area contributed by atoms with E-state index in [0.717, 1.165) is 25.7 Å². The van der Waals surface area contributed by atoms with Gasteiger partial charge in [0.1, 0.15) is 0 Å². The van der Waals surface area contributed by atoms with Gasteiger partial charge < -0.3 is 5.32 Å². The Kier molecular flexibility index (Phi) is 7.99. The topological polar surface area (TPSA) is 113 Å². The maximum Gasteiger partial charge on any atom is 0.261 e. The van der Waals surface area contributed by atoms with E-state index in [1.807, 2.05) is 0 Å². The zero-order chi connectivity index (χ0) is 25.8. The molecule has 0 unspecified atom stereocenters. The largest absolute Gasteiger partial charge is 0.322 e. The van der Waals surface area contributed by atoms with Crippen LogP contribution >= 0.6 is 11.6 Å². The Hall–Kier alpha value is -2.92. The molecule has 1 fully saturated rings. The Morgan fingerprint density at radius 3 is 2.00 bits per heavy atom. The lowest BCUT2D eigenvalue weighted by molar-refractivity contribution is 0.102. The lowest BCUT2D eigenvalue weighted by atomic mass is 10.2. The van der Waals surface area contributed by atoms with Gasteiger partial charge in [-0.15, -0.1) is 0 Å². The Bertz CT molecular complexity index is 1440. The van der Waals surface area contributed by atoms with Gasteiger partial charge in [0.05, 0.1) is 20.4 Å². The Morgan fingerprint density at radius 1 is 0.750 bits per heavy atom. The van der Waals surface area contributed by atoms with Crippen LogP contribution in [-0.2, 0) is 20.0 Å². The summed E-state index contributed by atoms with van der Waals surface area (Å²) in [5.74, 6) is -0.566. The van der Waals surface area contributed by atoms with Gasteiger partial charge in [-0.05, 0) is 67.4 Å². The molecule has 4 rings (SSSR count). The summed E-state index contributed by atoms with van der Waals surface area (Å²) < 4.78 is 55.1. The van der Waals surface area contributed by atoms with Gasteiger partial charge in [-0.2, -0.15) is 4.31 Å². The molecule has 36 heavy (non-hydrogen) atoms. The number of carbonyl (C=O) groups excluding carboxylic acids is 1. The molecule has 0 radical (unpaired) electrons. The van der Waals surface area contributed by atoms with Crippen molar-refractivity contribution in [2.75, 3.05) is 23.1 Å². The predicted molar refractivity (Wildman–Crippen MR) is 140 cm³/mol. The molecule has 2 N–H and O–H groups in total. The summed E-state index contributed by atoms with van der Waals surface area (Å²) >= 11 is 6.21. The van der Waals surface area contributed by atoms with Crippen LogP contribution in [-0.4, -0.2) is 40.1 Å². The summed E-state index contributed by atoms with van der Waals surface area (Å²) in [6.45, 7) is 1.01. The first kappa shape index (κ1) is 26.2. The van der Waals surface area contributed by atoms with Crippen LogP contribution < -0.4 is 10.0 Å². The van der Waals surface area contributed by atoms with Gasteiger partial charge in [-0.25, -0.2) is 16.8 Å². The summed E-state index contributed by atoms with van der Waals surface area (Å²) in [6.07, 6.45) is 3.73. The molecule has 8 nitrogen and oxygen atoms in total. The maximum atomic E-state index is 13.0. The van der Waals surface area contributed by atoms with Crippen LogP contribution in [0.2, 0.25) is 5.02 Å². The summed E-state index contributed by atoms with van der Waals surface area (Å²) in [7, 11) is -7.44. The normalized spacial score (nSPS) is 15.1. The molecule has 0 spiro atoms. The quantitative estimate of drug-likeness (QED) is 0.434. The third-order valence-electron chi connectivity index (χ3n) is 5.83. The van der Waals surface area contributed by atoms with E-state index >= 15 is 0 Å². The Labute approximate surface area is 216 Å². The molecule has 190 valence electrons. The van der Waals surface area contributed by atoms with Gasteiger partial charge in [0.25, 0.3) is 15.9 Å². The van der Waals surface area contributed by atoms with Crippen LogP contribution in [0.25, 0.3) is 0 Å². The number of hydrogen-bond acceptors (Lipinski definition) is 5. The van der Waals surface area contributed by atoms with E-state index in [1.54, 1.807) is 18.2 Å². The van der Waals surface area contributed by atoms with Gasteiger partial charge in [0.2, 0.25) is 10.0 Å². The predicted octanol–water partition coefficient (Wildman–Crippen LogP) is 4.96. The fourth-order valence-electron chi connectivity index (χ4n) is 3.92. The van der Waals surface area contributed by atoms with Crippen LogP contribution in [0.5, 0.6) is 0 Å². The maximum absolute atomic E-state index is 13.0. The van der Waals surface area contributed by atoms with E-state index in [0.29, 0.717) is 18.8 Å². The number of halogens is 1. The highest BCUT2D eigenvalue weighted by Gasteiger charge is 2.25. The molecule has 3 aromatic carbocycles. The Balaban J connectivity index is 1.48. The molecule has 1 aliphatic rings. The lowest BCUT2D eigenvalue weighted by Crippen LogP contribution is -2.31. The second kappa shape index (κ2) is 11.0. The number of nitrogens with zero attached hydrogens (tertiary/aromatic N) is 1. The van der Waals surface area contributed by atoms with Gasteiger partial charge in [0.15, 0.2) is 0 Å². The van der Waals surface area contributed by atoms with E-state index in [2.05, 4.69) is 10.0 Å². The fourth-order valence-corrected chi connectivity index (χ4v) is 6.71. The molecule has 0 saturated carbocycles. The molecule has 11 heteroatoms. The minimum Gasteiger partial charge on any atom is -0.322 e. The number of amides is 1. The average molecular weight is 548 g/mol. The Morgan fingerprint density at radius 2 is 1.36 bits per heavy atom. The first-order valence-electron chi connectivity index (χ1n) is 11.5. The van der Waals surface area contributed by atoms with Gasteiger partial charge in [-0.3, -0.25) is 9.52 Å². The SMILES string of the molecule is O=C(Nc1ccc(S(=O)(=O)N2CCCCCC2)cc1)c1cc(NS(=O)(=O)c2ccccc2)ccc1Cl. The van der Waals surface area contributed by atoms with Crippen molar-refractivity contribution < 1.29 is 21.6 Å². The molecule has 1 aliphatic heterocycles. The second-order valence-corrected chi connectivity index (χ2v) is 12.4. The molecule has 0 aliphatic carbocycles. The summed E-state index contributed by atoms with van der Waals surface area (Å²) in [4.78, 5) is 13.1. The van der Waals surface area contributed by atoms with Crippen molar-refractivity contribution in [1.29, 1.82) is 0 Å². The van der Waals surface area contributed by atoms with Crippen molar-refractivity contribution in [3.8, 4) is 0 Å². The summed E-state index contributed by atoms with van der Waals surface area (Å²) in [5, 5.41) is 2.81. The van der Waals surface area contributed by atoms with Crippen molar-refractivity contribution >= 4 is 48.9 Å². The van der Waals surface area contributed by atoms with Crippen molar-refractivity contribution in [1.82, 2.24) is 4.31 Å². The van der Waals surface area contributed by atoms with E-state index < -0.39 is 26.0 Å². The molecule has 0 bridgehead atoms. The molecule has 0 atom stereocenters. The number of hydrogen-bond donors (Lipinski definition) is 2. The van der Waals surface area contributed by atoms with Gasteiger partial charge >= 0.3 is 0 Å². The van der Waals surface area contributed by atoms with Crippen LogP contribution in [0.4, 0.5) is 11.4 Å². The average Bonchev–Trinajstić information content (AvgIpc) is 3.16. The number of benzene rings is 3. The number of anilines is 2. The fraction of sp³-hybridized carbons (Fsp3) is 0.240. The molecule has 3 aromatic rings. The van der Waals surface area contributed by atoms with Crippen molar-refractivity contribution in [3.63, 3.8) is 0 Å². The van der Waals surface area contributed by atoms with E-state index in [9.17, 15) is 21.6 Å². The monoisotopic (exact) mass is 547 g/mol. The first-order valence-corrected chi connectivity index (χ1v) is 14.8. The number of nitrogens with one attached hydrogen (secondary N) is 2. The second-order valence-electron chi connectivity index (χ2n) is 8.41. The smallest absolute Gasteiger partial charge is 0.261 e. The third kappa shape index (κ3) is 6.07. The highest BCUT2D eigenvalue weighted by atomic mass is 35.5. The zero-order valence-electron chi connectivity index (χ0n) is 19.4. The van der Waals surface area contributed by atoms with Gasteiger partial charge in [-0.1, -0.05) is 42.6 Å². The standard InChI is InChI=1S/C25H26ClN3O5S2/c26-24-15-12-20(28-35(31,32)21-8-4-3-5-9-21)18-23(24)25(30)27-19-10-13-22(14-11-19)36(33,34)29-16-6-1-2-7-17-29/h3-5,8-15,18,28H,1-2,6-7,16-17H2,(H,27,30). The lowest BCUT2D eigenvalue weighted by Gasteiger charge is -2.20. The molecular formula is C25H26ClN3O5S2. The minimum absolute atomic E-state index is 0.0613. The zero-order valence-corrected chi connectivity index (χ0v) is 21.7. The minimum atomic E-state index is -3.84. The number of rotatable bonds is 7. The van der Waals surface area contributed by atoms with Crippen LogP contribution in [0, 0.1) is 0 Å². The summed E-state index contributed by atoms with van der Waals surface area (Å²) in [6, 6.07) is 18.0. The van der Waals surface area contributed by atoms with Crippen molar-refractivity contribution in [2.24, 2.45) is 0 Å². The van der Waals surface area contributed by atoms with E-state index in [-0.39, 0.29) is 26.1 Å². The molecule has 1 saturated heterocycles. The molecule has 1 heterocycles. The molecule has 1 amide bonds. The van der Waals surface area contributed by atoms with Crippen molar-refractivity contribution in [3.05, 3.63) is 83.4 Å². The number of carbonyl (C=O) groups is 1. The molecular weight excluding hydrogens is 522 g/mol. The summed E-state index contributed by atoms with van der Waals surface area (Å²) in [5.41, 5.74) is 0.611. The third-order valence-corrected chi connectivity index (χ3v) is 9.47. The van der Waals surface area contributed by atoms with Crippen LogP contribution in [0.3, 0.4) is 0 Å². The highest BCUT2D eigenvalue weighted by Crippen LogP contribution is 2.25. The number of sulfonamides is 2. The molecule has 0 aromatic heterocycles. The van der Waals surface area contributed by atoms with E-state index in [4.69, 9.17) is 11.6 Å².